The van der Waals surface area contributed by atoms with Gasteiger partial charge < -0.3 is 25.3 Å². The maximum Gasteiger partial charge on any atom is 0.458 e. The molecule has 2 aromatic rings. The second-order valence-electron chi connectivity index (χ2n) is 6.33. The van der Waals surface area contributed by atoms with Crippen LogP contribution >= 0.6 is 0 Å². The summed E-state index contributed by atoms with van der Waals surface area (Å²) < 4.78 is 43.6. The second kappa shape index (κ2) is 8.00. The normalized spacial score (nSPS) is 18.6. The highest BCUT2D eigenvalue weighted by Crippen LogP contribution is 2.38. The van der Waals surface area contributed by atoms with Crippen molar-refractivity contribution in [2.24, 2.45) is 5.16 Å². The molecule has 3 N–H and O–H groups in total. The van der Waals surface area contributed by atoms with Gasteiger partial charge in [-0.3, -0.25) is 0 Å². The molecule has 10 heteroatoms. The standard InChI is InChI=1S/C19H18F3N3O4/c1-28-15-7-3-6-14(9-15)24-17(26)23-11-12-4-2-5-13(8-12)16-10-18(27,29-25-16)19(20,21)22/h2-9,27H,10-11H2,1H3,(H2,23,24,26). The molecular weight excluding hydrogens is 391 g/mol. The van der Waals surface area contributed by atoms with E-state index in [0.717, 1.165) is 0 Å². The molecule has 0 saturated heterocycles. The average Bonchev–Trinajstić information content (AvgIpc) is 3.10. The van der Waals surface area contributed by atoms with Crippen LogP contribution < -0.4 is 15.4 Å². The van der Waals surface area contributed by atoms with Crippen LogP contribution in [0.15, 0.2) is 53.7 Å². The number of alkyl halides is 3. The molecule has 0 aliphatic carbocycles. The molecule has 154 valence electrons. The van der Waals surface area contributed by atoms with Gasteiger partial charge in [-0.25, -0.2) is 4.79 Å². The van der Waals surface area contributed by atoms with Crippen LogP contribution in [0.2, 0.25) is 0 Å². The maximum absolute atomic E-state index is 12.8. The van der Waals surface area contributed by atoms with E-state index in [1.54, 1.807) is 48.5 Å². The van der Waals surface area contributed by atoms with E-state index in [-0.39, 0.29) is 12.3 Å². The molecule has 2 aromatic carbocycles. The minimum Gasteiger partial charge on any atom is -0.497 e. The molecule has 0 saturated carbocycles. The minimum absolute atomic E-state index is 0.0347. The van der Waals surface area contributed by atoms with Crippen LogP contribution in [-0.2, 0) is 11.4 Å². The van der Waals surface area contributed by atoms with Gasteiger partial charge >= 0.3 is 18.0 Å². The lowest BCUT2D eigenvalue weighted by atomic mass is 10.0. The SMILES string of the molecule is COc1cccc(NC(=O)NCc2cccc(C3=NOC(O)(C(F)(F)F)C3)c2)c1. The van der Waals surface area contributed by atoms with Crippen LogP contribution in [0.1, 0.15) is 17.5 Å². The summed E-state index contributed by atoms with van der Waals surface area (Å²) in [6.07, 6.45) is -5.78. The number of nitrogens with one attached hydrogen (secondary N) is 2. The van der Waals surface area contributed by atoms with Crippen molar-refractivity contribution in [3.8, 4) is 5.75 Å². The summed E-state index contributed by atoms with van der Waals surface area (Å²) >= 11 is 0. The zero-order valence-corrected chi connectivity index (χ0v) is 15.3. The van der Waals surface area contributed by atoms with E-state index in [1.807, 2.05) is 0 Å². The number of anilines is 1. The van der Waals surface area contributed by atoms with Gasteiger partial charge in [0.2, 0.25) is 0 Å². The first-order valence-corrected chi connectivity index (χ1v) is 8.52. The minimum atomic E-state index is -4.96. The number of carbonyl (C=O) groups excluding carboxylic acids is 1. The van der Waals surface area contributed by atoms with Crippen LogP contribution in [0.4, 0.5) is 23.7 Å². The predicted octanol–water partition coefficient (Wildman–Crippen LogP) is 3.39. The predicted molar refractivity (Wildman–Crippen MR) is 98.5 cm³/mol. The molecule has 0 fully saturated rings. The van der Waals surface area contributed by atoms with Gasteiger partial charge in [-0.05, 0) is 29.3 Å². The van der Waals surface area contributed by atoms with Crippen molar-refractivity contribution >= 4 is 17.4 Å². The smallest absolute Gasteiger partial charge is 0.458 e. The zero-order chi connectivity index (χ0) is 21.1. The Bertz CT molecular complexity index is 933. The van der Waals surface area contributed by atoms with Gasteiger partial charge in [0, 0.05) is 18.3 Å². The van der Waals surface area contributed by atoms with Gasteiger partial charge in [0.25, 0.3) is 0 Å². The first kappa shape index (κ1) is 20.5. The quantitative estimate of drug-likeness (QED) is 0.706. The fraction of sp³-hybridized carbons (Fsp3) is 0.263. The van der Waals surface area contributed by atoms with Crippen molar-refractivity contribution in [2.75, 3.05) is 12.4 Å². The van der Waals surface area contributed by atoms with Crippen molar-refractivity contribution in [1.29, 1.82) is 0 Å². The molecule has 0 bridgehead atoms. The Hall–Kier alpha value is -3.27. The van der Waals surface area contributed by atoms with Gasteiger partial charge in [-0.2, -0.15) is 13.2 Å². The number of hydrogen-bond acceptors (Lipinski definition) is 5. The number of ether oxygens (including phenoxy) is 1. The number of hydrogen-bond donors (Lipinski definition) is 3. The second-order valence-corrected chi connectivity index (χ2v) is 6.33. The third-order valence-electron chi connectivity index (χ3n) is 4.20. The van der Waals surface area contributed by atoms with Gasteiger partial charge in [-0.1, -0.05) is 29.4 Å². The Morgan fingerprint density at radius 2 is 2.03 bits per heavy atom. The number of aliphatic hydroxyl groups is 1. The summed E-state index contributed by atoms with van der Waals surface area (Å²) in [7, 11) is 1.52. The van der Waals surface area contributed by atoms with Crippen molar-refractivity contribution in [3.05, 3.63) is 59.7 Å². The van der Waals surface area contributed by atoms with Crippen molar-refractivity contribution < 1.29 is 32.6 Å². The van der Waals surface area contributed by atoms with E-state index in [9.17, 15) is 23.1 Å². The van der Waals surface area contributed by atoms with Crippen molar-refractivity contribution in [2.45, 2.75) is 24.9 Å². The van der Waals surface area contributed by atoms with E-state index in [0.29, 0.717) is 22.6 Å². The Kier molecular flexibility index (Phi) is 5.64. The number of halogens is 3. The number of oxime groups is 1. The van der Waals surface area contributed by atoms with Crippen LogP contribution in [0.25, 0.3) is 0 Å². The largest absolute Gasteiger partial charge is 0.497 e. The number of urea groups is 1. The van der Waals surface area contributed by atoms with Gasteiger partial charge in [-0.15, -0.1) is 0 Å². The van der Waals surface area contributed by atoms with Crippen LogP contribution in [0.5, 0.6) is 5.75 Å². The summed E-state index contributed by atoms with van der Waals surface area (Å²) in [5.74, 6) is -2.73. The Morgan fingerprint density at radius 1 is 1.28 bits per heavy atom. The molecule has 1 aliphatic rings. The molecule has 1 atom stereocenters. The Morgan fingerprint density at radius 3 is 2.72 bits per heavy atom. The molecule has 1 aliphatic heterocycles. The van der Waals surface area contributed by atoms with Gasteiger partial charge in [0.05, 0.1) is 19.2 Å². The summed E-state index contributed by atoms with van der Waals surface area (Å²) in [6, 6.07) is 12.8. The number of rotatable bonds is 5. The molecule has 0 spiro atoms. The topological polar surface area (TPSA) is 92.2 Å². The van der Waals surface area contributed by atoms with E-state index in [1.165, 1.54) is 7.11 Å². The Balaban J connectivity index is 1.60. The maximum atomic E-state index is 12.8. The van der Waals surface area contributed by atoms with Crippen molar-refractivity contribution in [1.82, 2.24) is 5.32 Å². The lowest BCUT2D eigenvalue weighted by Gasteiger charge is -2.22. The molecule has 1 unspecified atom stereocenters. The fourth-order valence-corrected chi connectivity index (χ4v) is 2.65. The average molecular weight is 409 g/mol. The summed E-state index contributed by atoms with van der Waals surface area (Å²) in [4.78, 5) is 16.3. The number of benzene rings is 2. The highest BCUT2D eigenvalue weighted by molar-refractivity contribution is 6.01. The highest BCUT2D eigenvalue weighted by Gasteiger charge is 2.60. The molecule has 29 heavy (non-hydrogen) atoms. The third kappa shape index (κ3) is 4.77. The number of methoxy groups -OCH3 is 1. The lowest BCUT2D eigenvalue weighted by Crippen LogP contribution is -2.45. The molecule has 7 nitrogen and oxygen atoms in total. The van der Waals surface area contributed by atoms with Crippen LogP contribution in [0.3, 0.4) is 0 Å². The summed E-state index contributed by atoms with van der Waals surface area (Å²) in [5, 5.41) is 18.2. The van der Waals surface area contributed by atoms with Gasteiger partial charge in [0.1, 0.15) is 5.75 Å². The lowest BCUT2D eigenvalue weighted by molar-refractivity contribution is -0.355. The fourth-order valence-electron chi connectivity index (χ4n) is 2.65. The molecule has 3 rings (SSSR count). The monoisotopic (exact) mass is 409 g/mol. The number of carbonyl (C=O) groups is 1. The van der Waals surface area contributed by atoms with E-state index < -0.39 is 24.4 Å². The Labute approximate surface area is 164 Å². The molecule has 2 amide bonds. The summed E-state index contributed by atoms with van der Waals surface area (Å²) in [6.45, 7) is 0.126. The first-order valence-electron chi connectivity index (χ1n) is 8.52. The highest BCUT2D eigenvalue weighted by atomic mass is 19.4. The summed E-state index contributed by atoms with van der Waals surface area (Å²) in [5.41, 5.74) is 1.50. The molecule has 0 aromatic heterocycles. The zero-order valence-electron chi connectivity index (χ0n) is 15.3. The first-order chi connectivity index (χ1) is 13.7. The third-order valence-corrected chi connectivity index (χ3v) is 4.20. The van der Waals surface area contributed by atoms with Crippen molar-refractivity contribution in [3.63, 3.8) is 0 Å². The molecule has 1 heterocycles. The number of nitrogens with zero attached hydrogens (tertiary/aromatic N) is 1. The molecular formula is C19H18F3N3O4. The van der Waals surface area contributed by atoms with E-state index in [2.05, 4.69) is 20.6 Å². The van der Waals surface area contributed by atoms with Crippen LogP contribution in [0, 0.1) is 0 Å². The number of amides is 2. The van der Waals surface area contributed by atoms with E-state index in [4.69, 9.17) is 4.74 Å². The van der Waals surface area contributed by atoms with Crippen LogP contribution in [-0.4, -0.2) is 35.9 Å². The van der Waals surface area contributed by atoms with Gasteiger partial charge in [0.15, 0.2) is 0 Å². The van der Waals surface area contributed by atoms with E-state index >= 15 is 0 Å². The molecule has 0 radical (unpaired) electrons.